The zero-order chi connectivity index (χ0) is 14.8. The first-order valence-corrected chi connectivity index (χ1v) is 8.70. The summed E-state index contributed by atoms with van der Waals surface area (Å²) >= 11 is 5.35. The molecule has 2 aromatic rings. The summed E-state index contributed by atoms with van der Waals surface area (Å²) < 4.78 is 1.02. The molecule has 1 aliphatic rings. The van der Waals surface area contributed by atoms with Crippen molar-refractivity contribution < 1.29 is 0 Å². The van der Waals surface area contributed by atoms with E-state index < -0.39 is 0 Å². The van der Waals surface area contributed by atoms with Gasteiger partial charge in [0.25, 0.3) is 0 Å². The van der Waals surface area contributed by atoms with Crippen molar-refractivity contribution in [2.45, 2.75) is 10.9 Å². The Morgan fingerprint density at radius 3 is 2.57 bits per heavy atom. The first-order chi connectivity index (χ1) is 10.2. The average Bonchev–Trinajstić information content (AvgIpc) is 2.89. The van der Waals surface area contributed by atoms with E-state index in [2.05, 4.69) is 62.4 Å². The molecule has 21 heavy (non-hydrogen) atoms. The smallest absolute Gasteiger partial charge is 0.196 e. The molecule has 2 aromatic carbocycles. The van der Waals surface area contributed by atoms with Crippen molar-refractivity contribution in [3.05, 3.63) is 58.6 Å². The lowest BCUT2D eigenvalue weighted by Crippen LogP contribution is -2.36. The number of benzene rings is 2. The van der Waals surface area contributed by atoms with E-state index in [1.165, 1.54) is 10.5 Å². The number of nitrogens with zero attached hydrogens (tertiary/aromatic N) is 2. The highest BCUT2D eigenvalue weighted by Gasteiger charge is 2.29. The number of halogens is 1. The molecule has 0 aliphatic carbocycles. The third-order valence-corrected chi connectivity index (χ3v) is 5.01. The van der Waals surface area contributed by atoms with Crippen LogP contribution in [-0.4, -0.2) is 18.8 Å². The minimum Gasteiger partial charge on any atom is -0.369 e. The Morgan fingerprint density at radius 1 is 1.19 bits per heavy atom. The van der Waals surface area contributed by atoms with Crippen LogP contribution in [0.1, 0.15) is 11.6 Å². The summed E-state index contributed by atoms with van der Waals surface area (Å²) in [6, 6.07) is 16.9. The Balaban J connectivity index is 1.97. The quantitative estimate of drug-likeness (QED) is 0.838. The Bertz CT molecular complexity index is 669. The van der Waals surface area contributed by atoms with Gasteiger partial charge < -0.3 is 10.6 Å². The van der Waals surface area contributed by atoms with Gasteiger partial charge in [-0.25, -0.2) is 0 Å². The lowest BCUT2D eigenvalue weighted by atomic mass is 10.1. The summed E-state index contributed by atoms with van der Waals surface area (Å²) in [5.41, 5.74) is 8.40. The minimum atomic E-state index is 0.152. The normalized spacial score (nSPS) is 17.9. The van der Waals surface area contributed by atoms with Gasteiger partial charge in [0, 0.05) is 9.37 Å². The van der Waals surface area contributed by atoms with E-state index in [0.717, 1.165) is 10.2 Å². The van der Waals surface area contributed by atoms with Gasteiger partial charge in [0.15, 0.2) is 5.96 Å². The summed E-state index contributed by atoms with van der Waals surface area (Å²) in [4.78, 5) is 7.79. The number of rotatable bonds is 3. The van der Waals surface area contributed by atoms with Gasteiger partial charge in [-0.15, -0.1) is 11.8 Å². The van der Waals surface area contributed by atoms with E-state index in [1.807, 2.05) is 18.2 Å². The second-order valence-corrected chi connectivity index (χ2v) is 6.54. The van der Waals surface area contributed by atoms with E-state index in [1.54, 1.807) is 11.8 Å². The number of aliphatic imine (C=N–C) groups is 1. The van der Waals surface area contributed by atoms with Crippen LogP contribution in [0, 0.1) is 0 Å². The number of hydrogen-bond acceptors (Lipinski definition) is 4. The third kappa shape index (κ3) is 2.80. The van der Waals surface area contributed by atoms with Crippen LogP contribution in [0.25, 0.3) is 0 Å². The van der Waals surface area contributed by atoms with Crippen molar-refractivity contribution >= 4 is 39.3 Å². The zero-order valence-electron chi connectivity index (χ0n) is 11.7. The molecule has 1 aliphatic heterocycles. The molecule has 3 rings (SSSR count). The Labute approximate surface area is 137 Å². The Morgan fingerprint density at radius 2 is 1.90 bits per heavy atom. The number of hydrogen-bond donors (Lipinski definition) is 1. The number of anilines is 1. The zero-order valence-corrected chi connectivity index (χ0v) is 14.1. The fourth-order valence-corrected chi connectivity index (χ4v) is 3.40. The molecule has 0 fully saturated rings. The van der Waals surface area contributed by atoms with Crippen molar-refractivity contribution in [2.75, 3.05) is 17.7 Å². The second kappa shape index (κ2) is 6.12. The number of nitrogens with two attached hydrogens (primary N) is 1. The summed E-state index contributed by atoms with van der Waals surface area (Å²) in [6.07, 6.45) is 2.08. The molecular weight excluding hydrogens is 346 g/mol. The molecule has 0 aromatic heterocycles. The van der Waals surface area contributed by atoms with E-state index in [-0.39, 0.29) is 6.04 Å². The van der Waals surface area contributed by atoms with Crippen LogP contribution in [0.3, 0.4) is 0 Å². The maximum absolute atomic E-state index is 6.11. The van der Waals surface area contributed by atoms with Crippen LogP contribution < -0.4 is 10.6 Å². The largest absolute Gasteiger partial charge is 0.369 e. The lowest BCUT2D eigenvalue weighted by molar-refractivity contribution is 0.767. The van der Waals surface area contributed by atoms with Crippen LogP contribution in [-0.2, 0) is 0 Å². The maximum Gasteiger partial charge on any atom is 0.196 e. The SMILES string of the molecule is CSc1ccc(C2CN=C(N)N2c2ccccc2Br)cc1. The van der Waals surface area contributed by atoms with Crippen molar-refractivity contribution in [2.24, 2.45) is 10.7 Å². The summed E-state index contributed by atoms with van der Waals surface area (Å²) in [7, 11) is 0. The molecule has 0 spiro atoms. The average molecular weight is 362 g/mol. The van der Waals surface area contributed by atoms with E-state index >= 15 is 0 Å². The highest BCUT2D eigenvalue weighted by Crippen LogP contribution is 2.35. The van der Waals surface area contributed by atoms with Crippen LogP contribution >= 0.6 is 27.7 Å². The molecule has 1 heterocycles. The molecule has 0 radical (unpaired) electrons. The third-order valence-electron chi connectivity index (χ3n) is 3.60. The maximum atomic E-state index is 6.11. The summed E-state index contributed by atoms with van der Waals surface area (Å²) in [5.74, 6) is 0.570. The molecule has 1 atom stereocenters. The molecule has 0 bridgehead atoms. The van der Waals surface area contributed by atoms with Crippen molar-refractivity contribution in [1.82, 2.24) is 0 Å². The predicted molar refractivity (Wildman–Crippen MR) is 94.1 cm³/mol. The van der Waals surface area contributed by atoms with Gasteiger partial charge in [-0.3, -0.25) is 4.99 Å². The van der Waals surface area contributed by atoms with E-state index in [4.69, 9.17) is 5.73 Å². The molecule has 0 saturated heterocycles. The first-order valence-electron chi connectivity index (χ1n) is 6.68. The molecule has 2 N–H and O–H groups in total. The van der Waals surface area contributed by atoms with Gasteiger partial charge in [0.1, 0.15) is 0 Å². The van der Waals surface area contributed by atoms with Gasteiger partial charge in [0.2, 0.25) is 0 Å². The summed E-state index contributed by atoms with van der Waals surface area (Å²) in [6.45, 7) is 0.686. The van der Waals surface area contributed by atoms with Crippen LogP contribution in [0.15, 0.2) is 62.9 Å². The standard InChI is InChI=1S/C16H16BrN3S/c1-21-12-8-6-11(7-9-12)15-10-19-16(18)20(15)14-5-3-2-4-13(14)17/h2-9,15H,10H2,1H3,(H2,18,19). The van der Waals surface area contributed by atoms with E-state index in [9.17, 15) is 0 Å². The fraction of sp³-hybridized carbons (Fsp3) is 0.188. The fourth-order valence-electron chi connectivity index (χ4n) is 2.52. The van der Waals surface area contributed by atoms with Crippen LogP contribution in [0.2, 0.25) is 0 Å². The Kier molecular flexibility index (Phi) is 4.22. The number of guanidine groups is 1. The molecule has 0 saturated carbocycles. The number of thioether (sulfide) groups is 1. The first kappa shape index (κ1) is 14.5. The molecule has 0 amide bonds. The second-order valence-electron chi connectivity index (χ2n) is 4.81. The topological polar surface area (TPSA) is 41.6 Å². The lowest BCUT2D eigenvalue weighted by Gasteiger charge is -2.27. The molecule has 108 valence electrons. The Hall–Kier alpha value is -1.46. The van der Waals surface area contributed by atoms with Gasteiger partial charge in [-0.1, -0.05) is 24.3 Å². The van der Waals surface area contributed by atoms with Crippen molar-refractivity contribution in [3.8, 4) is 0 Å². The molecular formula is C16H16BrN3S. The van der Waals surface area contributed by atoms with Gasteiger partial charge in [0.05, 0.1) is 18.3 Å². The highest BCUT2D eigenvalue weighted by molar-refractivity contribution is 9.10. The monoisotopic (exact) mass is 361 g/mol. The van der Waals surface area contributed by atoms with Gasteiger partial charge in [-0.05, 0) is 52.0 Å². The van der Waals surface area contributed by atoms with E-state index in [0.29, 0.717) is 12.5 Å². The predicted octanol–water partition coefficient (Wildman–Crippen LogP) is 4.05. The highest BCUT2D eigenvalue weighted by atomic mass is 79.9. The van der Waals surface area contributed by atoms with Crippen molar-refractivity contribution in [3.63, 3.8) is 0 Å². The summed E-state index contributed by atoms with van der Waals surface area (Å²) in [5, 5.41) is 0. The molecule has 3 nitrogen and oxygen atoms in total. The molecule has 1 unspecified atom stereocenters. The van der Waals surface area contributed by atoms with Gasteiger partial charge in [-0.2, -0.15) is 0 Å². The van der Waals surface area contributed by atoms with Crippen LogP contribution in [0.4, 0.5) is 5.69 Å². The number of para-hydroxylation sites is 1. The molecule has 5 heteroatoms. The van der Waals surface area contributed by atoms with Crippen LogP contribution in [0.5, 0.6) is 0 Å². The van der Waals surface area contributed by atoms with Crippen molar-refractivity contribution in [1.29, 1.82) is 0 Å². The van der Waals surface area contributed by atoms with Gasteiger partial charge >= 0.3 is 0 Å². The minimum absolute atomic E-state index is 0.152.